The Morgan fingerprint density at radius 3 is 2.71 bits per heavy atom. The Balaban J connectivity index is 2.75. The summed E-state index contributed by atoms with van der Waals surface area (Å²) in [7, 11) is 0. The number of hydrogen-bond donors (Lipinski definition) is 0. The normalized spacial score (nSPS) is 10.9. The molecule has 1 heterocycles. The molecule has 2 aromatic rings. The van der Waals surface area contributed by atoms with E-state index in [4.69, 9.17) is 16.3 Å². The summed E-state index contributed by atoms with van der Waals surface area (Å²) in [4.78, 5) is 4.32. The molecule has 0 bridgehead atoms. The third-order valence-electron chi connectivity index (χ3n) is 2.75. The molecule has 0 spiro atoms. The van der Waals surface area contributed by atoms with Crippen LogP contribution < -0.4 is 4.74 Å². The molecule has 2 rings (SSSR count). The fraction of sp³-hybridized carbons (Fsp3) is 0.308. The van der Waals surface area contributed by atoms with Gasteiger partial charge in [0.15, 0.2) is 11.6 Å². The standard InChI is InChI=1S/C13H13ClFNO/c1-4-17-12-5-9-11(6-10(12)15)16-8(3)7(2)13(9)14/h5-6H,4H2,1-3H3. The molecule has 0 atom stereocenters. The topological polar surface area (TPSA) is 22.1 Å². The van der Waals surface area contributed by atoms with Crippen molar-refractivity contribution in [2.45, 2.75) is 20.8 Å². The van der Waals surface area contributed by atoms with Crippen molar-refractivity contribution in [3.05, 3.63) is 34.2 Å². The van der Waals surface area contributed by atoms with Crippen LogP contribution in [0.2, 0.25) is 5.02 Å². The lowest BCUT2D eigenvalue weighted by atomic mass is 10.1. The predicted octanol–water partition coefficient (Wildman–Crippen LogP) is 4.04. The largest absolute Gasteiger partial charge is 0.491 e. The molecule has 0 saturated carbocycles. The Labute approximate surface area is 104 Å². The van der Waals surface area contributed by atoms with E-state index in [0.29, 0.717) is 17.1 Å². The van der Waals surface area contributed by atoms with Crippen molar-refractivity contribution < 1.29 is 9.13 Å². The summed E-state index contributed by atoms with van der Waals surface area (Å²) in [5.74, 6) is -0.196. The molecule has 1 aromatic heterocycles. The molecule has 0 aliphatic heterocycles. The number of aryl methyl sites for hydroxylation is 1. The Morgan fingerprint density at radius 2 is 2.06 bits per heavy atom. The van der Waals surface area contributed by atoms with E-state index in [-0.39, 0.29) is 5.75 Å². The molecule has 0 saturated heterocycles. The lowest BCUT2D eigenvalue weighted by Gasteiger charge is -2.10. The van der Waals surface area contributed by atoms with Gasteiger partial charge in [-0.1, -0.05) is 11.6 Å². The van der Waals surface area contributed by atoms with E-state index < -0.39 is 5.82 Å². The molecule has 0 N–H and O–H groups in total. The van der Waals surface area contributed by atoms with Crippen LogP contribution in [0.3, 0.4) is 0 Å². The summed E-state index contributed by atoms with van der Waals surface area (Å²) in [6.07, 6.45) is 0. The highest BCUT2D eigenvalue weighted by molar-refractivity contribution is 6.36. The van der Waals surface area contributed by atoms with Gasteiger partial charge in [-0.05, 0) is 32.4 Å². The SMILES string of the molecule is CCOc1cc2c(Cl)c(C)c(C)nc2cc1F. The van der Waals surface area contributed by atoms with Crippen LogP contribution in [-0.4, -0.2) is 11.6 Å². The van der Waals surface area contributed by atoms with Crippen LogP contribution in [-0.2, 0) is 0 Å². The molecule has 0 aliphatic rings. The molecule has 0 radical (unpaired) electrons. The van der Waals surface area contributed by atoms with Crippen molar-refractivity contribution in [2.24, 2.45) is 0 Å². The van der Waals surface area contributed by atoms with E-state index in [1.54, 1.807) is 6.07 Å². The second kappa shape index (κ2) is 4.49. The number of hydrogen-bond acceptors (Lipinski definition) is 2. The van der Waals surface area contributed by atoms with Gasteiger partial charge in [-0.2, -0.15) is 0 Å². The molecular formula is C13H13ClFNO. The minimum absolute atomic E-state index is 0.215. The number of halogens is 2. The highest BCUT2D eigenvalue weighted by atomic mass is 35.5. The van der Waals surface area contributed by atoms with Crippen LogP contribution in [0.1, 0.15) is 18.2 Å². The van der Waals surface area contributed by atoms with Crippen LogP contribution in [0.4, 0.5) is 4.39 Å². The van der Waals surface area contributed by atoms with Crippen molar-refractivity contribution in [3.8, 4) is 5.75 Å². The third kappa shape index (κ3) is 2.07. The molecule has 90 valence electrons. The zero-order valence-electron chi connectivity index (χ0n) is 9.97. The van der Waals surface area contributed by atoms with Crippen molar-refractivity contribution in [1.82, 2.24) is 4.98 Å². The smallest absolute Gasteiger partial charge is 0.167 e. The maximum absolute atomic E-state index is 13.7. The van der Waals surface area contributed by atoms with Gasteiger partial charge in [-0.25, -0.2) is 4.39 Å². The van der Waals surface area contributed by atoms with Gasteiger partial charge in [-0.15, -0.1) is 0 Å². The Morgan fingerprint density at radius 1 is 1.35 bits per heavy atom. The van der Waals surface area contributed by atoms with Gasteiger partial charge < -0.3 is 4.74 Å². The molecule has 1 aromatic carbocycles. The van der Waals surface area contributed by atoms with Crippen molar-refractivity contribution in [2.75, 3.05) is 6.61 Å². The Kier molecular flexibility index (Phi) is 3.20. The first-order chi connectivity index (χ1) is 8.04. The Bertz CT molecular complexity index is 583. The number of aromatic nitrogens is 1. The summed E-state index contributed by atoms with van der Waals surface area (Å²) in [5.41, 5.74) is 2.28. The van der Waals surface area contributed by atoms with Gasteiger partial charge >= 0.3 is 0 Å². The van der Waals surface area contributed by atoms with E-state index in [1.165, 1.54) is 6.07 Å². The average molecular weight is 254 g/mol. The number of ether oxygens (including phenoxy) is 1. The summed E-state index contributed by atoms with van der Waals surface area (Å²) < 4.78 is 18.9. The van der Waals surface area contributed by atoms with Crippen molar-refractivity contribution in [1.29, 1.82) is 0 Å². The maximum atomic E-state index is 13.7. The number of benzene rings is 1. The van der Waals surface area contributed by atoms with Crippen LogP contribution in [0.15, 0.2) is 12.1 Å². The van der Waals surface area contributed by atoms with Gasteiger partial charge in [-0.3, -0.25) is 4.98 Å². The van der Waals surface area contributed by atoms with E-state index >= 15 is 0 Å². The first kappa shape index (κ1) is 12.1. The first-order valence-corrected chi connectivity index (χ1v) is 5.81. The van der Waals surface area contributed by atoms with Gasteiger partial charge in [0, 0.05) is 17.1 Å². The van der Waals surface area contributed by atoms with Gasteiger partial charge in [0.2, 0.25) is 0 Å². The minimum atomic E-state index is -0.411. The summed E-state index contributed by atoms with van der Waals surface area (Å²) in [6.45, 7) is 5.98. The van der Waals surface area contributed by atoms with Gasteiger partial charge in [0.1, 0.15) is 0 Å². The zero-order chi connectivity index (χ0) is 12.6. The lowest BCUT2D eigenvalue weighted by Crippen LogP contribution is -1.97. The number of fused-ring (bicyclic) bond motifs is 1. The Hall–Kier alpha value is -1.35. The molecule has 0 fully saturated rings. The average Bonchev–Trinajstić information content (AvgIpc) is 2.29. The summed E-state index contributed by atoms with van der Waals surface area (Å²) in [6, 6.07) is 2.97. The monoisotopic (exact) mass is 253 g/mol. The fourth-order valence-corrected chi connectivity index (χ4v) is 1.99. The minimum Gasteiger partial charge on any atom is -0.491 e. The number of rotatable bonds is 2. The molecule has 4 heteroatoms. The summed E-state index contributed by atoms with van der Waals surface area (Å²) in [5, 5.41) is 1.33. The predicted molar refractivity (Wildman–Crippen MR) is 67.4 cm³/mol. The summed E-state index contributed by atoms with van der Waals surface area (Å²) >= 11 is 6.24. The second-order valence-electron chi connectivity index (χ2n) is 3.87. The lowest BCUT2D eigenvalue weighted by molar-refractivity contribution is 0.322. The van der Waals surface area contributed by atoms with E-state index in [0.717, 1.165) is 16.6 Å². The quantitative estimate of drug-likeness (QED) is 0.806. The number of nitrogens with zero attached hydrogens (tertiary/aromatic N) is 1. The van der Waals surface area contributed by atoms with Gasteiger partial charge in [0.05, 0.1) is 17.1 Å². The molecule has 0 aliphatic carbocycles. The highest BCUT2D eigenvalue weighted by Crippen LogP contribution is 2.31. The first-order valence-electron chi connectivity index (χ1n) is 5.43. The van der Waals surface area contributed by atoms with Crippen molar-refractivity contribution >= 4 is 22.5 Å². The molecule has 2 nitrogen and oxygen atoms in total. The van der Waals surface area contributed by atoms with E-state index in [9.17, 15) is 4.39 Å². The second-order valence-corrected chi connectivity index (χ2v) is 4.25. The maximum Gasteiger partial charge on any atom is 0.167 e. The van der Waals surface area contributed by atoms with Crippen LogP contribution >= 0.6 is 11.6 Å². The van der Waals surface area contributed by atoms with Crippen LogP contribution in [0.5, 0.6) is 5.75 Å². The molecule has 0 amide bonds. The van der Waals surface area contributed by atoms with Crippen LogP contribution in [0, 0.1) is 19.7 Å². The van der Waals surface area contributed by atoms with Crippen molar-refractivity contribution in [3.63, 3.8) is 0 Å². The molecular weight excluding hydrogens is 241 g/mol. The van der Waals surface area contributed by atoms with Crippen LogP contribution in [0.25, 0.3) is 10.9 Å². The molecule has 0 unspecified atom stereocenters. The fourth-order valence-electron chi connectivity index (χ4n) is 1.70. The van der Waals surface area contributed by atoms with E-state index in [2.05, 4.69) is 4.98 Å². The molecule has 17 heavy (non-hydrogen) atoms. The highest BCUT2D eigenvalue weighted by Gasteiger charge is 2.12. The number of pyridine rings is 1. The third-order valence-corrected chi connectivity index (χ3v) is 3.23. The zero-order valence-corrected chi connectivity index (χ0v) is 10.7. The van der Waals surface area contributed by atoms with Gasteiger partial charge in [0.25, 0.3) is 0 Å². The van der Waals surface area contributed by atoms with E-state index in [1.807, 2.05) is 20.8 Å².